The summed E-state index contributed by atoms with van der Waals surface area (Å²) < 4.78 is 0. The van der Waals surface area contributed by atoms with Crippen molar-refractivity contribution in [3.05, 3.63) is 29.3 Å². The molecule has 16 heavy (non-hydrogen) atoms. The third-order valence-electron chi connectivity index (χ3n) is 3.41. The molecule has 3 heteroatoms. The van der Waals surface area contributed by atoms with Crippen molar-refractivity contribution in [1.82, 2.24) is 4.90 Å². The van der Waals surface area contributed by atoms with Crippen molar-refractivity contribution in [2.45, 2.75) is 32.4 Å². The van der Waals surface area contributed by atoms with Gasteiger partial charge in [-0.05, 0) is 37.5 Å². The highest BCUT2D eigenvalue weighted by Crippen LogP contribution is 2.24. The number of rotatable bonds is 2. The van der Waals surface area contributed by atoms with E-state index in [0.717, 1.165) is 37.3 Å². The van der Waals surface area contributed by atoms with E-state index in [1.54, 1.807) is 0 Å². The van der Waals surface area contributed by atoms with Crippen LogP contribution in [0.3, 0.4) is 0 Å². The van der Waals surface area contributed by atoms with E-state index < -0.39 is 5.60 Å². The second-order valence-corrected chi connectivity index (χ2v) is 5.09. The van der Waals surface area contributed by atoms with Gasteiger partial charge in [0.25, 0.3) is 0 Å². The maximum atomic E-state index is 9.90. The first kappa shape index (κ1) is 11.4. The Morgan fingerprint density at radius 2 is 2.25 bits per heavy atom. The quantitative estimate of drug-likeness (QED) is 0.743. The average molecular weight is 220 g/mol. The molecule has 0 saturated carbocycles. The molecule has 1 aliphatic rings. The molecule has 1 fully saturated rings. The van der Waals surface area contributed by atoms with Crippen LogP contribution in [0.1, 0.15) is 24.5 Å². The van der Waals surface area contributed by atoms with Crippen molar-refractivity contribution < 1.29 is 5.11 Å². The van der Waals surface area contributed by atoms with Crippen LogP contribution in [0.2, 0.25) is 0 Å². The van der Waals surface area contributed by atoms with Crippen molar-refractivity contribution in [2.24, 2.45) is 0 Å². The molecule has 1 unspecified atom stereocenters. The highest BCUT2D eigenvalue weighted by atomic mass is 16.3. The summed E-state index contributed by atoms with van der Waals surface area (Å²) >= 11 is 0. The van der Waals surface area contributed by atoms with Crippen LogP contribution in [-0.2, 0) is 6.54 Å². The lowest BCUT2D eigenvalue weighted by atomic mass is 10.1. The van der Waals surface area contributed by atoms with Gasteiger partial charge in [-0.3, -0.25) is 4.90 Å². The Labute approximate surface area is 96.9 Å². The molecule has 1 saturated heterocycles. The zero-order valence-corrected chi connectivity index (χ0v) is 10.0. The van der Waals surface area contributed by atoms with E-state index in [0.29, 0.717) is 0 Å². The van der Waals surface area contributed by atoms with E-state index in [2.05, 4.69) is 17.9 Å². The lowest BCUT2D eigenvalue weighted by molar-refractivity contribution is 0.0679. The predicted molar refractivity (Wildman–Crippen MR) is 66.1 cm³/mol. The van der Waals surface area contributed by atoms with Crippen LogP contribution in [0.4, 0.5) is 5.69 Å². The Morgan fingerprint density at radius 3 is 2.88 bits per heavy atom. The molecule has 0 amide bonds. The Hall–Kier alpha value is -1.06. The second kappa shape index (κ2) is 4.07. The van der Waals surface area contributed by atoms with E-state index in [9.17, 15) is 5.11 Å². The molecule has 0 aliphatic carbocycles. The van der Waals surface area contributed by atoms with Crippen LogP contribution in [0.15, 0.2) is 18.2 Å². The van der Waals surface area contributed by atoms with Crippen molar-refractivity contribution in [1.29, 1.82) is 0 Å². The summed E-state index contributed by atoms with van der Waals surface area (Å²) in [6.07, 6.45) is 0.856. The number of aliphatic hydroxyl groups is 1. The van der Waals surface area contributed by atoms with Gasteiger partial charge in [0.1, 0.15) is 0 Å². The Morgan fingerprint density at radius 1 is 1.50 bits per heavy atom. The van der Waals surface area contributed by atoms with Crippen molar-refractivity contribution >= 4 is 5.69 Å². The summed E-state index contributed by atoms with van der Waals surface area (Å²) in [6, 6.07) is 6.03. The maximum absolute atomic E-state index is 9.90. The summed E-state index contributed by atoms with van der Waals surface area (Å²) in [5.74, 6) is 0. The van der Waals surface area contributed by atoms with E-state index in [1.807, 2.05) is 19.1 Å². The van der Waals surface area contributed by atoms with Crippen molar-refractivity contribution in [3.8, 4) is 0 Å². The van der Waals surface area contributed by atoms with Gasteiger partial charge >= 0.3 is 0 Å². The molecule has 88 valence electrons. The fraction of sp³-hybridized carbons (Fsp3) is 0.538. The number of benzene rings is 1. The maximum Gasteiger partial charge on any atom is 0.0758 e. The molecule has 0 bridgehead atoms. The van der Waals surface area contributed by atoms with Crippen LogP contribution in [0, 0.1) is 6.92 Å². The van der Waals surface area contributed by atoms with Crippen LogP contribution in [0.5, 0.6) is 0 Å². The van der Waals surface area contributed by atoms with E-state index in [-0.39, 0.29) is 0 Å². The molecule has 0 spiro atoms. The highest BCUT2D eigenvalue weighted by Gasteiger charge is 2.31. The van der Waals surface area contributed by atoms with Gasteiger partial charge in [-0.25, -0.2) is 0 Å². The summed E-state index contributed by atoms with van der Waals surface area (Å²) in [4.78, 5) is 2.28. The fourth-order valence-corrected chi connectivity index (χ4v) is 2.29. The molecule has 1 heterocycles. The number of hydrogen-bond acceptors (Lipinski definition) is 3. The third-order valence-corrected chi connectivity index (χ3v) is 3.41. The standard InChI is InChI=1S/C13H20N2O/c1-10-11(4-3-5-12(10)14)8-15-7-6-13(2,16)9-15/h3-5,16H,6-9,14H2,1-2H3. The minimum atomic E-state index is -0.520. The zero-order valence-electron chi connectivity index (χ0n) is 10.0. The second-order valence-electron chi connectivity index (χ2n) is 5.09. The number of nitrogens with two attached hydrogens (primary N) is 1. The molecular weight excluding hydrogens is 200 g/mol. The minimum absolute atomic E-state index is 0.520. The monoisotopic (exact) mass is 220 g/mol. The zero-order chi connectivity index (χ0) is 11.8. The van der Waals surface area contributed by atoms with Crippen molar-refractivity contribution in [2.75, 3.05) is 18.8 Å². The first-order valence-corrected chi connectivity index (χ1v) is 5.77. The predicted octanol–water partition coefficient (Wildman–Crippen LogP) is 1.53. The van der Waals surface area contributed by atoms with Gasteiger partial charge in [0.15, 0.2) is 0 Å². The fourth-order valence-electron chi connectivity index (χ4n) is 2.29. The van der Waals surface area contributed by atoms with Crippen LogP contribution in [-0.4, -0.2) is 28.7 Å². The van der Waals surface area contributed by atoms with Crippen LogP contribution < -0.4 is 5.73 Å². The third kappa shape index (κ3) is 2.36. The van der Waals surface area contributed by atoms with Gasteiger partial charge in [-0.15, -0.1) is 0 Å². The van der Waals surface area contributed by atoms with Gasteiger partial charge in [-0.2, -0.15) is 0 Å². The molecule has 1 atom stereocenters. The van der Waals surface area contributed by atoms with Gasteiger partial charge in [-0.1, -0.05) is 12.1 Å². The molecule has 3 N–H and O–H groups in total. The highest BCUT2D eigenvalue weighted by molar-refractivity contribution is 5.49. The number of nitrogen functional groups attached to an aromatic ring is 1. The van der Waals surface area contributed by atoms with E-state index in [4.69, 9.17) is 5.73 Å². The summed E-state index contributed by atoms with van der Waals surface area (Å²) in [5.41, 5.74) is 8.63. The van der Waals surface area contributed by atoms with E-state index >= 15 is 0 Å². The first-order chi connectivity index (χ1) is 7.48. The summed E-state index contributed by atoms with van der Waals surface area (Å²) in [6.45, 7) is 6.55. The Kier molecular flexibility index (Phi) is 2.91. The van der Waals surface area contributed by atoms with E-state index in [1.165, 1.54) is 5.56 Å². The Balaban J connectivity index is 2.08. The molecule has 2 rings (SSSR count). The largest absolute Gasteiger partial charge is 0.399 e. The Bertz CT molecular complexity index is 388. The number of β-amino-alcohol motifs (C(OH)–C–C–N with tert-alkyl or cyclic N) is 1. The normalized spacial score (nSPS) is 26.2. The number of nitrogens with zero attached hydrogens (tertiary/aromatic N) is 1. The molecule has 0 aromatic heterocycles. The molecule has 1 aliphatic heterocycles. The summed E-state index contributed by atoms with van der Waals surface area (Å²) in [5, 5.41) is 9.90. The van der Waals surface area contributed by atoms with Gasteiger partial charge < -0.3 is 10.8 Å². The van der Waals surface area contributed by atoms with Crippen LogP contribution in [0.25, 0.3) is 0 Å². The number of likely N-dealkylation sites (tertiary alicyclic amines) is 1. The molecule has 1 aromatic rings. The molecular formula is C13H20N2O. The lowest BCUT2D eigenvalue weighted by Gasteiger charge is -2.20. The number of anilines is 1. The topological polar surface area (TPSA) is 49.5 Å². The average Bonchev–Trinajstić information content (AvgIpc) is 2.53. The van der Waals surface area contributed by atoms with Gasteiger partial charge in [0.2, 0.25) is 0 Å². The van der Waals surface area contributed by atoms with Gasteiger partial charge in [0, 0.05) is 25.3 Å². The smallest absolute Gasteiger partial charge is 0.0758 e. The molecule has 0 radical (unpaired) electrons. The lowest BCUT2D eigenvalue weighted by Crippen LogP contribution is -2.29. The molecule has 3 nitrogen and oxygen atoms in total. The van der Waals surface area contributed by atoms with Crippen LogP contribution >= 0.6 is 0 Å². The molecule has 1 aromatic carbocycles. The van der Waals surface area contributed by atoms with Gasteiger partial charge in [0.05, 0.1) is 5.60 Å². The number of hydrogen-bond donors (Lipinski definition) is 2. The summed E-state index contributed by atoms with van der Waals surface area (Å²) in [7, 11) is 0. The minimum Gasteiger partial charge on any atom is -0.399 e. The SMILES string of the molecule is Cc1c(N)cccc1CN1CCC(C)(O)C1. The first-order valence-electron chi connectivity index (χ1n) is 5.77. The van der Waals surface area contributed by atoms with Crippen molar-refractivity contribution in [3.63, 3.8) is 0 Å².